The van der Waals surface area contributed by atoms with Gasteiger partial charge in [-0.15, -0.1) is 119 Å². The maximum Gasteiger partial charge on any atom is 0.295 e. The van der Waals surface area contributed by atoms with Crippen molar-refractivity contribution in [1.29, 1.82) is 0 Å². The molecule has 0 fully saturated rings. The molecule has 0 saturated carbocycles. The monoisotopic (exact) mass is 2460 g/mol. The Hall–Kier alpha value is -12.3. The van der Waals surface area contributed by atoms with Gasteiger partial charge >= 0.3 is 0 Å². The van der Waals surface area contributed by atoms with Crippen LogP contribution in [0.4, 0.5) is 0 Å². The molecule has 4 radical (unpaired) electrons. The fourth-order valence-corrected chi connectivity index (χ4v) is 20.7. The average molecular weight is 2460 g/mol. The van der Waals surface area contributed by atoms with Gasteiger partial charge < -0.3 is 17.6 Å². The average Bonchev–Trinajstić information content (AvgIpc) is 1.54. The molecule has 24 aromatic rings. The van der Waals surface area contributed by atoms with Crippen molar-refractivity contribution in [3.05, 3.63) is 394 Å². The van der Waals surface area contributed by atoms with Crippen LogP contribution in [-0.4, -0.2) is 41.9 Å². The predicted octanol–water partition coefficient (Wildman–Crippen LogP) is 30.0. The predicted molar refractivity (Wildman–Crippen MR) is 544 cm³/mol. The Morgan fingerprint density at radius 3 is 1.30 bits per heavy atom. The zero-order valence-electron chi connectivity index (χ0n) is 85.7. The van der Waals surface area contributed by atoms with Crippen LogP contribution in [0, 0.1) is 86.4 Å². The van der Waals surface area contributed by atoms with Gasteiger partial charge in [0.2, 0.25) is 0 Å². The first kappa shape index (κ1) is 82.4. The van der Waals surface area contributed by atoms with E-state index in [0.29, 0.717) is 40.2 Å². The summed E-state index contributed by atoms with van der Waals surface area (Å²) in [4.78, 5) is 18.6. The number of hydrogen-bond acceptors (Lipinski definition) is 4. The van der Waals surface area contributed by atoms with Crippen LogP contribution in [0.3, 0.4) is 0 Å². The van der Waals surface area contributed by atoms with E-state index in [1.54, 1.807) is 6.20 Å². The van der Waals surface area contributed by atoms with Gasteiger partial charge in [-0.25, -0.2) is 4.57 Å². The molecule has 134 heavy (non-hydrogen) atoms. The zero-order valence-corrected chi connectivity index (χ0v) is 86.2. The van der Waals surface area contributed by atoms with Crippen LogP contribution in [-0.2, 0) is 93.4 Å². The second-order valence-corrected chi connectivity index (χ2v) is 35.7. The Balaban J connectivity index is 0.000000123. The number of aryl methyl sites for hydroxylation is 10. The van der Waals surface area contributed by atoms with E-state index < -0.39 is 20.6 Å². The van der Waals surface area contributed by atoms with Crippen LogP contribution < -0.4 is 4.57 Å². The number of hydrogen-bond donors (Lipinski definition) is 0. The zero-order chi connectivity index (χ0) is 96.8. The molecule has 0 saturated heterocycles. The molecule has 0 aliphatic carbocycles. The van der Waals surface area contributed by atoms with E-state index in [9.17, 15) is 0 Å². The maximum absolute atomic E-state index is 8.36. The number of para-hydroxylation sites is 3. The van der Waals surface area contributed by atoms with Crippen LogP contribution in [0.1, 0.15) is 157 Å². The second kappa shape index (κ2) is 37.9. The van der Waals surface area contributed by atoms with Gasteiger partial charge in [0.05, 0.1) is 56.4 Å². The van der Waals surface area contributed by atoms with Crippen molar-refractivity contribution in [1.82, 2.24) is 41.9 Å². The molecular weight excluding hydrogens is 2350 g/mol. The third-order valence-electron chi connectivity index (χ3n) is 26.5. The van der Waals surface area contributed by atoms with Crippen LogP contribution >= 0.6 is 0 Å². The third-order valence-corrected chi connectivity index (χ3v) is 26.5. The molecule has 1 aliphatic heterocycles. The van der Waals surface area contributed by atoms with E-state index in [4.69, 9.17) is 27.3 Å². The van der Waals surface area contributed by atoms with Gasteiger partial charge in [0.1, 0.15) is 18.3 Å². The smallest absolute Gasteiger partial charge is 0.295 e. The molecule has 0 atom stereocenters. The minimum atomic E-state index is -2.35. The molecule has 0 amide bonds. The number of aromatic nitrogens is 10. The Kier molecular flexibility index (Phi) is 23.3. The summed E-state index contributed by atoms with van der Waals surface area (Å²) in [7, 11) is 0. The number of pyridine rings is 5. The Morgan fingerprint density at radius 1 is 0.366 bits per heavy atom. The quantitative estimate of drug-likeness (QED) is 0.0863. The van der Waals surface area contributed by atoms with Crippen LogP contribution in [0.15, 0.2) is 292 Å². The molecule has 0 bridgehead atoms. The Bertz CT molecular complexity index is 9010. The van der Waals surface area contributed by atoms with Crippen LogP contribution in [0.2, 0.25) is 0 Å². The van der Waals surface area contributed by atoms with Crippen molar-refractivity contribution >= 4 is 137 Å². The summed E-state index contributed by atoms with van der Waals surface area (Å²) in [5, 5.41) is 16.4. The van der Waals surface area contributed by atoms with E-state index in [1.807, 2.05) is 162 Å². The second-order valence-electron chi connectivity index (χ2n) is 35.7. The molecule has 25 rings (SSSR count). The molecule has 0 N–H and O–H groups in total. The molecule has 1 aliphatic rings. The topological polar surface area (TPSA) is 77.5 Å². The summed E-state index contributed by atoms with van der Waals surface area (Å²) < 4.78 is 85.6. The minimum Gasteiger partial charge on any atom is -0.340 e. The first-order chi connectivity index (χ1) is 66.9. The van der Waals surface area contributed by atoms with Gasteiger partial charge in [-0.05, 0) is 189 Å². The number of imidazole rings is 5. The molecule has 0 spiro atoms. The summed E-state index contributed by atoms with van der Waals surface area (Å²) >= 11 is 0. The number of rotatable bonds is 8. The minimum absolute atomic E-state index is 0. The first-order valence-corrected chi connectivity index (χ1v) is 45.0. The number of fused-ring (bicyclic) bond motifs is 27. The molecule has 14 heteroatoms. The van der Waals surface area contributed by atoms with Crippen molar-refractivity contribution in [2.45, 2.75) is 141 Å². The Labute approximate surface area is 849 Å². The van der Waals surface area contributed by atoms with E-state index in [2.05, 4.69) is 269 Å². The molecule has 11 heterocycles. The van der Waals surface area contributed by atoms with Crippen molar-refractivity contribution in [3.63, 3.8) is 0 Å². The van der Waals surface area contributed by atoms with Crippen LogP contribution in [0.25, 0.3) is 182 Å². The molecule has 10 aromatic heterocycles. The summed E-state index contributed by atoms with van der Waals surface area (Å²) in [6.07, 6.45) is 6.82. The molecule has 0 unspecified atom stereocenters. The molecule has 14 aromatic carbocycles. The van der Waals surface area contributed by atoms with Crippen molar-refractivity contribution in [2.24, 2.45) is 0 Å². The van der Waals surface area contributed by atoms with Gasteiger partial charge in [0.25, 0.3) is 5.65 Å². The van der Waals surface area contributed by atoms with E-state index in [1.165, 1.54) is 99.4 Å². The molecule has 10 nitrogen and oxygen atoms in total. The van der Waals surface area contributed by atoms with Crippen molar-refractivity contribution < 1.29 is 97.3 Å². The van der Waals surface area contributed by atoms with E-state index in [-0.39, 0.29) is 103 Å². The fourth-order valence-electron chi connectivity index (χ4n) is 20.7. The number of benzene rings is 14. The first-order valence-electron chi connectivity index (χ1n) is 49.5. The summed E-state index contributed by atoms with van der Waals surface area (Å²) in [5.41, 5.74) is 32.0. The fraction of sp³-hybridized carbons (Fsp3) is 0.175. The van der Waals surface area contributed by atoms with Gasteiger partial charge in [-0.2, -0.15) is 4.40 Å². The number of nitrogens with zero attached hydrogens (tertiary/aromatic N) is 10. The van der Waals surface area contributed by atoms with Crippen molar-refractivity contribution in [3.8, 4) is 45.0 Å². The van der Waals surface area contributed by atoms with Gasteiger partial charge in [-0.3, -0.25) is 19.9 Å². The standard InChI is InChI=1S/C29H29N2.C27H25N2.2C24H19N2.C16H11N2.4Ir/c1-17(2)21-9-7-10-22(18(3)4)28(21)26-16-30-15-20-8-6-11-23-24-14-19(5)12-13-25(24)31(26)29(30)27(20)23;1-5-19-11-10-15-20(17(2)3)25(19)26-18(4)28-27-23-14-7-6-12-21(23)22-13-8-9-16-24(22)29(26)27;1-15-9-8-10-16(2)22(15)23-17(3)25-24-20-13-5-4-11-18(20)19-12-6-7-14-21(19)26(23)24;1-15-11-12-21-20(13-15)18-9-4-5-10-19(18)24-25-14-22(26(21)24)23-16(2)7-6-8-17(23)3;1-11-10-18-15-9-5-4-7-13(15)12-6-2-3-8-14(12)16(18)17-11;;;;/h6-14,16-18H,15H2,1-5H3;6-13,15-17H,5H2,1-4H3;4-12,14H,1-3H3;4-9,11-14H,1-3H3;2-7,9-10H,1H3;;;;/q+1;4*-1;;;;/i;4D3;3D3;;1D3;;;;. The third kappa shape index (κ3) is 15.7. The molecular formula is C120H103Ir4N10-3. The van der Waals surface area contributed by atoms with E-state index >= 15 is 0 Å². The summed E-state index contributed by atoms with van der Waals surface area (Å²) in [5.74, 6) is 1.19. The largest absolute Gasteiger partial charge is 0.340 e. The van der Waals surface area contributed by atoms with Crippen molar-refractivity contribution in [2.75, 3.05) is 0 Å². The Morgan fingerprint density at radius 2 is 0.784 bits per heavy atom. The normalized spacial score (nSPS) is 13.0. The summed E-state index contributed by atoms with van der Waals surface area (Å²) in [6, 6.07) is 107. The van der Waals surface area contributed by atoms with Gasteiger partial charge in [0.15, 0.2) is 5.69 Å². The molecule has 672 valence electrons. The van der Waals surface area contributed by atoms with Gasteiger partial charge in [-0.1, -0.05) is 245 Å². The maximum atomic E-state index is 8.36. The van der Waals surface area contributed by atoms with E-state index in [0.717, 1.165) is 128 Å². The SMILES string of the molecule is Cc1ccc2c(c1)c1ccc[c-]c1c1ncc(-c3c(C)cccc3C)n21.Cc1ccc2c(c1)c1cccc3c1c1n2c(-c2c(C(C)C)cccc2C(C)C)c[n+]1C3.[2H]C([2H])([2H])c1cn2c3ccccc3c3ccc[c-]c3c2n1.[2H]C([2H])([2H])c1nc2c3[c-]cccc3c3ccccc3n2c1-c1c(C)cccc1C.[2H]C([2H])([2H])c1nc2c3[c-]cccc3c3ccccc3n2c1-c1c(CC)cccc1C(C)C.[Ir].[Ir].[Ir].[Ir]. The van der Waals surface area contributed by atoms with Gasteiger partial charge in [0, 0.05) is 172 Å². The van der Waals surface area contributed by atoms with Crippen LogP contribution in [0.5, 0.6) is 0 Å². The summed E-state index contributed by atoms with van der Waals surface area (Å²) in [6.45, 7) is 22.4.